The Kier molecular flexibility index (Phi) is 2.66. The van der Waals surface area contributed by atoms with Crippen LogP contribution in [0.1, 0.15) is 25.7 Å². The maximum Gasteiger partial charge on any atom is 0.0302 e. The summed E-state index contributed by atoms with van der Waals surface area (Å²) in [5.41, 5.74) is 0. The molecule has 0 aromatic heterocycles. The van der Waals surface area contributed by atoms with Crippen molar-refractivity contribution in [3.63, 3.8) is 0 Å². The highest BCUT2D eigenvalue weighted by Crippen LogP contribution is 2.18. The Morgan fingerprint density at radius 2 is 1.50 bits per heavy atom. The van der Waals surface area contributed by atoms with Gasteiger partial charge in [0.25, 0.3) is 0 Å². The largest absolute Gasteiger partial charge is 0.457 e. The molecule has 2 aliphatic heterocycles. The fourth-order valence-corrected chi connectivity index (χ4v) is 2.23. The number of likely N-dealkylation sites (tertiary alicyclic amines) is 2. The van der Waals surface area contributed by atoms with E-state index in [0.717, 1.165) is 6.04 Å². The lowest BCUT2D eigenvalue weighted by atomic mass is 10.1. The van der Waals surface area contributed by atoms with Gasteiger partial charge in [-0.2, -0.15) is 0 Å². The van der Waals surface area contributed by atoms with Gasteiger partial charge in [0.2, 0.25) is 0 Å². The molecule has 2 rings (SSSR count). The van der Waals surface area contributed by atoms with Gasteiger partial charge in [-0.15, -0.1) is 0 Å². The Morgan fingerprint density at radius 3 is 2.00 bits per heavy atom. The summed E-state index contributed by atoms with van der Waals surface area (Å²) in [5, 5.41) is 0. The van der Waals surface area contributed by atoms with Gasteiger partial charge in [-0.25, -0.2) is 0 Å². The van der Waals surface area contributed by atoms with Crippen LogP contribution in [0.2, 0.25) is 0 Å². The molecule has 0 spiro atoms. The van der Waals surface area contributed by atoms with Gasteiger partial charge in [0, 0.05) is 6.04 Å². The summed E-state index contributed by atoms with van der Waals surface area (Å²) in [5.74, 6) is 0. The summed E-state index contributed by atoms with van der Waals surface area (Å²) in [6, 6.07) is 0.834. The van der Waals surface area contributed by atoms with Gasteiger partial charge >= 0.3 is 0 Å². The molecule has 2 heterocycles. The molecule has 2 heteroatoms. The number of hydrogen-bond acceptors (Lipinski definition) is 2. The minimum Gasteiger partial charge on any atom is -0.457 e. The number of hydrogen-bond donors (Lipinski definition) is 0. The highest BCUT2D eigenvalue weighted by atomic mass is 15.3. The molecular formula is C10H19N2-. The van der Waals surface area contributed by atoms with E-state index in [1.807, 2.05) is 0 Å². The maximum atomic E-state index is 3.92. The van der Waals surface area contributed by atoms with Crippen LogP contribution in [0.25, 0.3) is 0 Å². The minimum atomic E-state index is 0.834. The van der Waals surface area contributed by atoms with Crippen molar-refractivity contribution in [1.82, 2.24) is 9.80 Å². The van der Waals surface area contributed by atoms with E-state index >= 15 is 0 Å². The quantitative estimate of drug-likeness (QED) is 0.544. The Bertz CT molecular complexity index is 133. The summed E-state index contributed by atoms with van der Waals surface area (Å²) in [7, 11) is 3.92. The molecule has 2 nitrogen and oxygen atoms in total. The minimum absolute atomic E-state index is 0.834. The van der Waals surface area contributed by atoms with Crippen molar-refractivity contribution in [2.45, 2.75) is 31.7 Å². The first-order valence-electron chi connectivity index (χ1n) is 5.16. The molecule has 0 amide bonds. The standard InChI is InChI=1S/C10H19N2/c1-11-8-10(9-11)12-6-4-2-3-5-7-12/h10H,1-9H2/q-1. The van der Waals surface area contributed by atoms with Gasteiger partial charge in [-0.3, -0.25) is 11.9 Å². The van der Waals surface area contributed by atoms with Crippen molar-refractivity contribution in [2.24, 2.45) is 0 Å². The normalized spacial score (nSPS) is 29.8. The second-order valence-electron chi connectivity index (χ2n) is 4.14. The van der Waals surface area contributed by atoms with Gasteiger partial charge in [0.1, 0.15) is 0 Å². The van der Waals surface area contributed by atoms with E-state index in [9.17, 15) is 0 Å². The third-order valence-corrected chi connectivity index (χ3v) is 3.09. The molecule has 0 unspecified atom stereocenters. The highest BCUT2D eigenvalue weighted by molar-refractivity contribution is 4.88. The summed E-state index contributed by atoms with van der Waals surface area (Å²) in [4.78, 5) is 4.82. The van der Waals surface area contributed by atoms with Gasteiger partial charge in [-0.1, -0.05) is 12.8 Å². The van der Waals surface area contributed by atoms with E-state index in [-0.39, 0.29) is 0 Å². The summed E-state index contributed by atoms with van der Waals surface area (Å²) >= 11 is 0. The van der Waals surface area contributed by atoms with Crippen LogP contribution < -0.4 is 0 Å². The van der Waals surface area contributed by atoms with Crippen LogP contribution in [0.5, 0.6) is 0 Å². The van der Waals surface area contributed by atoms with Gasteiger partial charge in [0.15, 0.2) is 0 Å². The fourth-order valence-electron chi connectivity index (χ4n) is 2.23. The van der Waals surface area contributed by atoms with Gasteiger partial charge < -0.3 is 4.90 Å². The average Bonchev–Trinajstić information content (AvgIpc) is 2.26. The van der Waals surface area contributed by atoms with Crippen LogP contribution in [-0.4, -0.2) is 42.0 Å². The number of nitrogens with zero attached hydrogens (tertiary/aromatic N) is 2. The average molecular weight is 167 g/mol. The molecule has 0 N–H and O–H groups in total. The smallest absolute Gasteiger partial charge is 0.0302 e. The van der Waals surface area contributed by atoms with Gasteiger partial charge in [-0.05, 0) is 39.0 Å². The third kappa shape index (κ3) is 1.80. The van der Waals surface area contributed by atoms with Crippen LogP contribution in [0.3, 0.4) is 0 Å². The van der Waals surface area contributed by atoms with Crippen molar-refractivity contribution < 1.29 is 0 Å². The van der Waals surface area contributed by atoms with E-state index < -0.39 is 0 Å². The summed E-state index contributed by atoms with van der Waals surface area (Å²) < 4.78 is 0. The van der Waals surface area contributed by atoms with Crippen LogP contribution in [0.4, 0.5) is 0 Å². The molecule has 0 saturated carbocycles. The van der Waals surface area contributed by atoms with E-state index in [1.54, 1.807) is 0 Å². The monoisotopic (exact) mass is 167 g/mol. The van der Waals surface area contributed by atoms with Crippen molar-refractivity contribution in [3.05, 3.63) is 7.05 Å². The van der Waals surface area contributed by atoms with E-state index in [2.05, 4.69) is 16.8 Å². The SMILES string of the molecule is [CH2-]N1CC(N2CCCCCC2)C1. The first-order valence-corrected chi connectivity index (χ1v) is 5.16. The van der Waals surface area contributed by atoms with Gasteiger partial charge in [0.05, 0.1) is 0 Å². The van der Waals surface area contributed by atoms with Crippen molar-refractivity contribution in [3.8, 4) is 0 Å². The summed E-state index contributed by atoms with van der Waals surface area (Å²) in [6.07, 6.45) is 5.70. The predicted octanol–water partition coefficient (Wildman–Crippen LogP) is 1.34. The Morgan fingerprint density at radius 1 is 0.917 bits per heavy atom. The second-order valence-corrected chi connectivity index (χ2v) is 4.14. The van der Waals surface area contributed by atoms with Crippen LogP contribution in [0, 0.1) is 7.05 Å². The Labute approximate surface area is 75.5 Å². The Balaban J connectivity index is 1.78. The zero-order valence-corrected chi connectivity index (χ0v) is 7.84. The molecule has 2 saturated heterocycles. The molecule has 0 aromatic carbocycles. The van der Waals surface area contributed by atoms with Crippen molar-refractivity contribution in [1.29, 1.82) is 0 Å². The summed E-state index contributed by atoms with van der Waals surface area (Å²) in [6.45, 7) is 5.05. The lowest BCUT2D eigenvalue weighted by Gasteiger charge is -2.48. The number of rotatable bonds is 1. The molecule has 2 aliphatic rings. The molecular weight excluding hydrogens is 148 g/mol. The maximum absolute atomic E-state index is 3.92. The van der Waals surface area contributed by atoms with E-state index in [0.29, 0.717) is 0 Å². The third-order valence-electron chi connectivity index (χ3n) is 3.09. The predicted molar refractivity (Wildman–Crippen MR) is 50.8 cm³/mol. The molecule has 0 atom stereocenters. The lowest BCUT2D eigenvalue weighted by Crippen LogP contribution is -2.57. The topological polar surface area (TPSA) is 6.48 Å². The molecule has 12 heavy (non-hydrogen) atoms. The first kappa shape index (κ1) is 8.52. The molecule has 0 aliphatic carbocycles. The van der Waals surface area contributed by atoms with E-state index in [1.165, 1.54) is 51.9 Å². The first-order chi connectivity index (χ1) is 5.86. The van der Waals surface area contributed by atoms with Crippen LogP contribution >= 0.6 is 0 Å². The molecule has 0 radical (unpaired) electrons. The highest BCUT2D eigenvalue weighted by Gasteiger charge is 2.25. The lowest BCUT2D eigenvalue weighted by molar-refractivity contribution is 0.0670. The molecule has 0 aromatic rings. The zero-order chi connectivity index (χ0) is 8.39. The Hall–Kier alpha value is -0.0800. The second kappa shape index (κ2) is 3.75. The molecule has 70 valence electrons. The zero-order valence-electron chi connectivity index (χ0n) is 7.84. The molecule has 0 bridgehead atoms. The van der Waals surface area contributed by atoms with Crippen molar-refractivity contribution >= 4 is 0 Å². The van der Waals surface area contributed by atoms with Crippen LogP contribution in [-0.2, 0) is 0 Å². The van der Waals surface area contributed by atoms with Crippen molar-refractivity contribution in [2.75, 3.05) is 26.2 Å². The fraction of sp³-hybridized carbons (Fsp3) is 0.900. The van der Waals surface area contributed by atoms with Crippen LogP contribution in [0.15, 0.2) is 0 Å². The molecule has 2 fully saturated rings. The van der Waals surface area contributed by atoms with E-state index in [4.69, 9.17) is 0 Å².